The summed E-state index contributed by atoms with van der Waals surface area (Å²) in [7, 11) is 0. The van der Waals surface area contributed by atoms with Crippen LogP contribution in [0.3, 0.4) is 0 Å². The van der Waals surface area contributed by atoms with Gasteiger partial charge in [-0.25, -0.2) is 0 Å². The molecule has 32 heteroatoms. The van der Waals surface area contributed by atoms with Gasteiger partial charge in [-0.05, 0) is 119 Å². The second-order valence-electron chi connectivity index (χ2n) is 24.1. The molecule has 2 saturated heterocycles. The minimum atomic E-state index is -1.64. The first-order valence-corrected chi connectivity index (χ1v) is 33.6. The Morgan fingerprint density at radius 1 is 0.537 bits per heavy atom. The summed E-state index contributed by atoms with van der Waals surface area (Å²) in [6.45, 7) is 3.86. The SMILES string of the molecule is CSCC[C@H](NC(=O)[C@H](CC(C)C)NC(=O)CNC(=O)[C@H](Cc1ccccc1)NC(=O)[C@@H](Cc1ccccc1)NC(=O)[C@H](CCC(N)=O)NC(=O)[C@@H](CCC(N)=O)NC(=O)[C@H]1CCCN1C(=O)[C@@H](CCCCN)NC(=O)[C@@H]1CCCN1C(=O)[C@H](N)CCCN=C(N)N)C(N)=O. The lowest BCUT2D eigenvalue weighted by molar-refractivity contribution is -0.144. The van der Waals surface area contributed by atoms with E-state index in [0.717, 1.165) is 0 Å². The monoisotopic (exact) mass is 1350 g/mol. The highest BCUT2D eigenvalue weighted by Gasteiger charge is 2.42. The number of nitrogens with two attached hydrogens (primary N) is 7. The fraction of sp³-hybridized carbons (Fsp3) is 0.587. The molecule has 0 aliphatic carbocycles. The summed E-state index contributed by atoms with van der Waals surface area (Å²) in [5.74, 6) is -9.80. The first-order chi connectivity index (χ1) is 45.2. The summed E-state index contributed by atoms with van der Waals surface area (Å²) in [6, 6.07) is 4.51. The average molecular weight is 1350 g/mol. The smallest absolute Gasteiger partial charge is 0.245 e. The predicted octanol–water partition coefficient (Wildman–Crippen LogP) is -3.71. The highest BCUT2D eigenvalue weighted by Crippen LogP contribution is 2.24. The number of guanidine groups is 1. The number of nitrogens with one attached hydrogen (secondary N) is 8. The Morgan fingerprint density at radius 3 is 1.51 bits per heavy atom. The molecule has 4 rings (SSSR count). The molecule has 0 bridgehead atoms. The van der Waals surface area contributed by atoms with Gasteiger partial charge >= 0.3 is 0 Å². The van der Waals surface area contributed by atoms with Gasteiger partial charge in [-0.3, -0.25) is 67.3 Å². The largest absolute Gasteiger partial charge is 0.370 e. The van der Waals surface area contributed by atoms with E-state index in [0.29, 0.717) is 55.4 Å². The maximum atomic E-state index is 14.7. The van der Waals surface area contributed by atoms with Crippen LogP contribution < -0.4 is 82.7 Å². The van der Waals surface area contributed by atoms with Crippen LogP contribution in [0.25, 0.3) is 0 Å². The molecule has 2 fully saturated rings. The average Bonchev–Trinajstić information content (AvgIpc) is 1.74. The second kappa shape index (κ2) is 41.0. The normalized spacial score (nSPS) is 16.8. The van der Waals surface area contributed by atoms with Crippen LogP contribution in [0.2, 0.25) is 0 Å². The van der Waals surface area contributed by atoms with Crippen molar-refractivity contribution in [2.45, 2.75) is 183 Å². The van der Waals surface area contributed by atoms with Gasteiger partial charge in [0.05, 0.1) is 12.6 Å². The van der Waals surface area contributed by atoms with Crippen LogP contribution in [-0.2, 0) is 75.2 Å². The molecule has 22 N–H and O–H groups in total. The summed E-state index contributed by atoms with van der Waals surface area (Å²) in [6.07, 6.45) is 3.12. The van der Waals surface area contributed by atoms with Crippen LogP contribution in [-0.4, -0.2) is 198 Å². The number of rotatable bonds is 42. The number of primary amides is 3. The molecule has 10 atom stereocenters. The van der Waals surface area contributed by atoms with Crippen LogP contribution in [0.5, 0.6) is 0 Å². The fourth-order valence-electron chi connectivity index (χ4n) is 11.0. The molecule has 2 aromatic carbocycles. The molecular formula is C63H98N18O13S. The van der Waals surface area contributed by atoms with E-state index >= 15 is 0 Å². The molecule has 31 nitrogen and oxygen atoms in total. The van der Waals surface area contributed by atoms with Crippen molar-refractivity contribution in [1.82, 2.24) is 52.3 Å². The number of benzene rings is 2. The number of nitrogens with zero attached hydrogens (tertiary/aromatic N) is 3. The third kappa shape index (κ3) is 27.5. The topological polar surface area (TPSA) is 519 Å². The van der Waals surface area contributed by atoms with Crippen molar-refractivity contribution >= 4 is 94.5 Å². The zero-order valence-electron chi connectivity index (χ0n) is 54.5. The first kappa shape index (κ1) is 78.5. The Kier molecular flexibility index (Phi) is 33.9. The van der Waals surface area contributed by atoms with Crippen molar-refractivity contribution in [2.75, 3.05) is 44.7 Å². The number of carbonyl (C=O) groups is 13. The molecule has 0 radical (unpaired) electrons. The molecule has 524 valence electrons. The van der Waals surface area contributed by atoms with Gasteiger partial charge < -0.3 is 92.5 Å². The Balaban J connectivity index is 1.56. The number of hydrogen-bond donors (Lipinski definition) is 15. The molecule has 0 spiro atoms. The lowest BCUT2D eigenvalue weighted by atomic mass is 10.0. The Morgan fingerprint density at radius 2 is 1.01 bits per heavy atom. The van der Waals surface area contributed by atoms with Gasteiger partial charge in [-0.15, -0.1) is 0 Å². The predicted molar refractivity (Wildman–Crippen MR) is 356 cm³/mol. The number of hydrogen-bond acceptors (Lipinski definition) is 17. The highest BCUT2D eigenvalue weighted by molar-refractivity contribution is 7.98. The van der Waals surface area contributed by atoms with Gasteiger partial charge in [0.15, 0.2) is 5.96 Å². The summed E-state index contributed by atoms with van der Waals surface area (Å²) in [5, 5.41) is 21.1. The van der Waals surface area contributed by atoms with Crippen LogP contribution in [0, 0.1) is 5.92 Å². The maximum Gasteiger partial charge on any atom is 0.245 e. The number of thioether (sulfide) groups is 1. The zero-order chi connectivity index (χ0) is 70.1. The van der Waals surface area contributed by atoms with Gasteiger partial charge in [0.2, 0.25) is 76.8 Å². The minimum absolute atomic E-state index is 0.0736. The zero-order valence-corrected chi connectivity index (χ0v) is 55.3. The van der Waals surface area contributed by atoms with Crippen molar-refractivity contribution in [3.8, 4) is 0 Å². The molecule has 95 heavy (non-hydrogen) atoms. The Labute approximate surface area is 558 Å². The Hall–Kier alpha value is -8.91. The molecule has 13 amide bonds. The number of likely N-dealkylation sites (tertiary alicyclic amines) is 2. The van der Waals surface area contributed by atoms with E-state index in [9.17, 15) is 62.3 Å². The second-order valence-corrected chi connectivity index (χ2v) is 25.1. The van der Waals surface area contributed by atoms with E-state index in [1.54, 1.807) is 60.7 Å². The molecule has 2 heterocycles. The van der Waals surface area contributed by atoms with Crippen molar-refractivity contribution in [3.05, 3.63) is 71.8 Å². The quantitative estimate of drug-likeness (QED) is 0.0173. The van der Waals surface area contributed by atoms with Crippen molar-refractivity contribution in [3.63, 3.8) is 0 Å². The third-order valence-corrected chi connectivity index (χ3v) is 16.7. The molecule has 0 saturated carbocycles. The summed E-state index contributed by atoms with van der Waals surface area (Å²) in [5.41, 5.74) is 40.6. The minimum Gasteiger partial charge on any atom is -0.370 e. The number of unbranched alkanes of at least 4 members (excludes halogenated alkanes) is 1. The van der Waals surface area contributed by atoms with Crippen LogP contribution >= 0.6 is 11.8 Å². The van der Waals surface area contributed by atoms with Gasteiger partial charge in [-0.1, -0.05) is 74.5 Å². The van der Waals surface area contributed by atoms with Crippen LogP contribution in [0.1, 0.15) is 121 Å². The molecule has 0 unspecified atom stereocenters. The molecule has 2 aromatic rings. The highest BCUT2D eigenvalue weighted by atomic mass is 32.2. The van der Waals surface area contributed by atoms with E-state index in [1.807, 2.05) is 20.1 Å². The number of aliphatic imine (C=N–C) groups is 1. The Bertz CT molecular complexity index is 2960. The van der Waals surface area contributed by atoms with E-state index < -0.39 is 169 Å². The van der Waals surface area contributed by atoms with Gasteiger partial charge in [-0.2, -0.15) is 11.8 Å². The maximum absolute atomic E-state index is 14.7. The van der Waals surface area contributed by atoms with Gasteiger partial charge in [0.1, 0.15) is 54.4 Å². The standard InChI is InChI=1S/C63H98N18O13S/c1-37(2)33-45(57(89)74-41(53(68)85)27-32-95-3)73-52(84)36-72-54(86)46(34-38-15-6-4-7-16-38)78-58(90)47(35-39-17-8-5-9-18-39)79-56(88)42(23-25-50(66)82)75-55(87)43(24-26-51(67)83)76-59(91)49-22-14-31-81(49)62(94)44(20-10-11-28-64)77-60(92)48-21-13-30-80(48)61(93)40(65)19-12-29-71-63(69)70/h4-9,15-18,37,40-49H,10-14,19-36,64-65H2,1-3H3,(H2,66,82)(H2,67,83)(H2,68,85)(H,72,86)(H,73,84)(H,74,89)(H,75,87)(H,76,91)(H,77,92)(H,78,90)(H,79,88)(H4,69,70,71)/t40-,41+,42+,43-,44-,45+,46+,47-,48+,49-/m1/s1. The molecule has 0 aromatic heterocycles. The van der Waals surface area contributed by atoms with E-state index in [2.05, 4.69) is 47.5 Å². The lowest BCUT2D eigenvalue weighted by Crippen LogP contribution is -2.60. The first-order valence-electron chi connectivity index (χ1n) is 32.2. The van der Waals surface area contributed by atoms with E-state index in [1.165, 1.54) is 21.6 Å². The van der Waals surface area contributed by atoms with E-state index in [4.69, 9.17) is 40.1 Å². The van der Waals surface area contributed by atoms with E-state index in [-0.39, 0.29) is 83.0 Å². The summed E-state index contributed by atoms with van der Waals surface area (Å²) < 4.78 is 0. The molecule has 2 aliphatic heterocycles. The number of amides is 13. The van der Waals surface area contributed by atoms with Crippen LogP contribution in [0.15, 0.2) is 65.7 Å². The summed E-state index contributed by atoms with van der Waals surface area (Å²) in [4.78, 5) is 185. The van der Waals surface area contributed by atoms with Crippen molar-refractivity contribution in [1.29, 1.82) is 0 Å². The third-order valence-electron chi connectivity index (χ3n) is 16.0. The van der Waals surface area contributed by atoms with Crippen molar-refractivity contribution < 1.29 is 62.3 Å². The van der Waals surface area contributed by atoms with Gasteiger partial charge in [0.25, 0.3) is 0 Å². The summed E-state index contributed by atoms with van der Waals surface area (Å²) >= 11 is 1.45. The fourth-order valence-corrected chi connectivity index (χ4v) is 11.5. The molecule has 2 aliphatic rings. The van der Waals surface area contributed by atoms with Gasteiger partial charge in [0, 0.05) is 45.3 Å². The molecular weight excluding hydrogens is 1250 g/mol. The van der Waals surface area contributed by atoms with Crippen LogP contribution in [0.4, 0.5) is 0 Å². The lowest BCUT2D eigenvalue weighted by Gasteiger charge is -2.32. The van der Waals surface area contributed by atoms with Crippen molar-refractivity contribution in [2.24, 2.45) is 51.0 Å². The number of carbonyl (C=O) groups excluding carboxylic acids is 13.